The molecule has 0 spiro atoms. The van der Waals surface area contributed by atoms with Gasteiger partial charge in [-0.15, -0.1) is 0 Å². The van der Waals surface area contributed by atoms with E-state index in [0.717, 1.165) is 23.3 Å². The van der Waals surface area contributed by atoms with Crippen molar-refractivity contribution in [1.29, 1.82) is 0 Å². The van der Waals surface area contributed by atoms with Gasteiger partial charge in [-0.05, 0) is 53.9 Å². The highest BCUT2D eigenvalue weighted by molar-refractivity contribution is 6.01. The summed E-state index contributed by atoms with van der Waals surface area (Å²) in [6.45, 7) is 2.39. The van der Waals surface area contributed by atoms with Crippen molar-refractivity contribution in [2.24, 2.45) is 0 Å². The summed E-state index contributed by atoms with van der Waals surface area (Å²) in [7, 11) is 0. The second kappa shape index (κ2) is 10.4. The molecule has 0 atom stereocenters. The van der Waals surface area contributed by atoms with Gasteiger partial charge in [0.25, 0.3) is 5.91 Å². The first-order valence-electron chi connectivity index (χ1n) is 10.8. The number of aromatic hydroxyl groups is 1. The van der Waals surface area contributed by atoms with Crippen LogP contribution in [0.15, 0.2) is 83.5 Å². The van der Waals surface area contributed by atoms with Crippen molar-refractivity contribution in [2.45, 2.75) is 13.5 Å². The summed E-state index contributed by atoms with van der Waals surface area (Å²) in [4.78, 5) is 35.2. The number of rotatable bonds is 7. The molecule has 4 rings (SSSR count). The minimum Gasteiger partial charge on any atom is -0.502 e. The molecule has 0 bridgehead atoms. The lowest BCUT2D eigenvalue weighted by atomic mass is 10.1. The molecular formula is C26H21N3O7. The average Bonchev–Trinajstić information content (AvgIpc) is 3.37. The Morgan fingerprint density at radius 2 is 1.78 bits per heavy atom. The number of hydrazine groups is 1. The maximum absolute atomic E-state index is 12.7. The van der Waals surface area contributed by atoms with Crippen LogP contribution in [0.1, 0.15) is 32.0 Å². The van der Waals surface area contributed by atoms with E-state index in [2.05, 4.69) is 10.9 Å². The van der Waals surface area contributed by atoms with E-state index in [1.165, 1.54) is 12.3 Å². The van der Waals surface area contributed by atoms with E-state index < -0.39 is 28.2 Å². The van der Waals surface area contributed by atoms with E-state index in [4.69, 9.17) is 9.15 Å². The van der Waals surface area contributed by atoms with Gasteiger partial charge in [0.05, 0.1) is 11.2 Å². The zero-order valence-electron chi connectivity index (χ0n) is 19.1. The summed E-state index contributed by atoms with van der Waals surface area (Å²) in [6.07, 6.45) is 1.34. The number of nitro benzene ring substituents is 1. The smallest absolute Gasteiger partial charge is 0.311 e. The number of carbonyl (C=O) groups is 2. The van der Waals surface area contributed by atoms with Gasteiger partial charge in [0.1, 0.15) is 12.4 Å². The Labute approximate surface area is 205 Å². The number of hydrogen-bond acceptors (Lipinski definition) is 7. The number of nitrogens with zero attached hydrogens (tertiary/aromatic N) is 1. The third-order valence-electron chi connectivity index (χ3n) is 5.40. The molecule has 3 N–H and O–H groups in total. The monoisotopic (exact) mass is 487 g/mol. The predicted molar refractivity (Wildman–Crippen MR) is 129 cm³/mol. The fourth-order valence-electron chi connectivity index (χ4n) is 3.45. The SMILES string of the molecule is Cc1ccccc1COc1cccc(-c2ccoc2C(=O)NNC(=O)c2ccc(O)c([N+](=O)[O-])c2)c1. The van der Waals surface area contributed by atoms with Crippen LogP contribution in [0.2, 0.25) is 0 Å². The van der Waals surface area contributed by atoms with Crippen molar-refractivity contribution >= 4 is 17.5 Å². The molecule has 182 valence electrons. The normalized spacial score (nSPS) is 10.5. The van der Waals surface area contributed by atoms with Crippen molar-refractivity contribution in [3.63, 3.8) is 0 Å². The van der Waals surface area contributed by atoms with Gasteiger partial charge < -0.3 is 14.3 Å². The lowest BCUT2D eigenvalue weighted by molar-refractivity contribution is -0.385. The number of hydrogen-bond donors (Lipinski definition) is 3. The van der Waals surface area contributed by atoms with Gasteiger partial charge >= 0.3 is 11.6 Å². The Morgan fingerprint density at radius 1 is 1.00 bits per heavy atom. The minimum absolute atomic E-state index is 0.0527. The first-order chi connectivity index (χ1) is 17.3. The number of nitrogens with one attached hydrogen (secondary N) is 2. The molecule has 4 aromatic rings. The topological polar surface area (TPSA) is 144 Å². The van der Waals surface area contributed by atoms with Crippen LogP contribution < -0.4 is 15.6 Å². The van der Waals surface area contributed by atoms with Crippen LogP contribution in [0, 0.1) is 17.0 Å². The van der Waals surface area contributed by atoms with Crippen LogP contribution in [0.25, 0.3) is 11.1 Å². The van der Waals surface area contributed by atoms with Crippen molar-refractivity contribution in [3.8, 4) is 22.6 Å². The number of ether oxygens (including phenoxy) is 1. The molecule has 0 aliphatic carbocycles. The minimum atomic E-state index is -0.821. The van der Waals surface area contributed by atoms with E-state index in [9.17, 15) is 24.8 Å². The van der Waals surface area contributed by atoms with Gasteiger partial charge in [-0.3, -0.25) is 30.6 Å². The standard InChI is InChI=1S/C26H21N3O7/c1-16-5-2-3-6-19(16)15-36-20-8-4-7-17(13-20)21-11-12-35-24(21)26(32)28-27-25(31)18-9-10-23(30)22(14-18)29(33)34/h2-14,30H,15H2,1H3,(H,27,31)(H,28,32). The van der Waals surface area contributed by atoms with Gasteiger partial charge in [0.15, 0.2) is 5.75 Å². The van der Waals surface area contributed by atoms with Crippen molar-refractivity contribution < 1.29 is 28.8 Å². The number of aryl methyl sites for hydroxylation is 1. The van der Waals surface area contributed by atoms with Gasteiger partial charge in [-0.2, -0.15) is 0 Å². The fraction of sp³-hybridized carbons (Fsp3) is 0.0769. The fourth-order valence-corrected chi connectivity index (χ4v) is 3.45. The highest BCUT2D eigenvalue weighted by Gasteiger charge is 2.20. The number of furan rings is 1. The molecular weight excluding hydrogens is 466 g/mol. The first kappa shape index (κ1) is 24.0. The third-order valence-corrected chi connectivity index (χ3v) is 5.40. The number of amides is 2. The van der Waals surface area contributed by atoms with Gasteiger partial charge in [-0.25, -0.2) is 0 Å². The number of phenols is 1. The van der Waals surface area contributed by atoms with E-state index >= 15 is 0 Å². The van der Waals surface area contributed by atoms with Crippen molar-refractivity contribution in [1.82, 2.24) is 10.9 Å². The lowest BCUT2D eigenvalue weighted by Gasteiger charge is -2.10. The highest BCUT2D eigenvalue weighted by Crippen LogP contribution is 2.29. The van der Waals surface area contributed by atoms with Crippen LogP contribution >= 0.6 is 0 Å². The molecule has 1 aromatic heterocycles. The molecule has 0 aliphatic rings. The maximum Gasteiger partial charge on any atom is 0.311 e. The van der Waals surface area contributed by atoms with E-state index in [-0.39, 0.29) is 11.3 Å². The zero-order valence-corrected chi connectivity index (χ0v) is 19.1. The summed E-state index contributed by atoms with van der Waals surface area (Å²) in [5.74, 6) is -1.58. The lowest BCUT2D eigenvalue weighted by Crippen LogP contribution is -2.41. The van der Waals surface area contributed by atoms with E-state index in [1.54, 1.807) is 30.3 Å². The quantitative estimate of drug-likeness (QED) is 0.257. The Kier molecular flexibility index (Phi) is 6.96. The van der Waals surface area contributed by atoms with Crippen LogP contribution in [-0.4, -0.2) is 21.8 Å². The van der Waals surface area contributed by atoms with E-state index in [1.807, 2.05) is 31.2 Å². The Bertz CT molecular complexity index is 1440. The average molecular weight is 487 g/mol. The van der Waals surface area contributed by atoms with Crippen LogP contribution in [-0.2, 0) is 6.61 Å². The van der Waals surface area contributed by atoms with Crippen molar-refractivity contribution in [2.75, 3.05) is 0 Å². The van der Waals surface area contributed by atoms with Crippen LogP contribution in [0.5, 0.6) is 11.5 Å². The van der Waals surface area contributed by atoms with E-state index in [0.29, 0.717) is 23.5 Å². The molecule has 3 aromatic carbocycles. The Hall–Kier alpha value is -5.12. The molecule has 1 heterocycles. The molecule has 0 fully saturated rings. The second-order valence-electron chi connectivity index (χ2n) is 7.78. The van der Waals surface area contributed by atoms with Gasteiger partial charge in [-0.1, -0.05) is 36.4 Å². The number of nitro groups is 1. The molecule has 0 aliphatic heterocycles. The molecule has 0 saturated heterocycles. The summed E-state index contributed by atoms with van der Waals surface area (Å²) in [5.41, 5.74) is 6.96. The first-order valence-corrected chi connectivity index (χ1v) is 10.8. The molecule has 0 unspecified atom stereocenters. The maximum atomic E-state index is 12.7. The van der Waals surface area contributed by atoms with Crippen LogP contribution in [0.3, 0.4) is 0 Å². The predicted octanol–water partition coefficient (Wildman–Crippen LogP) is 4.52. The Balaban J connectivity index is 1.44. The number of benzene rings is 3. The summed E-state index contributed by atoms with van der Waals surface area (Å²) in [6, 6.07) is 19.8. The number of carbonyl (C=O) groups excluding carboxylic acids is 2. The van der Waals surface area contributed by atoms with Crippen LogP contribution in [0.4, 0.5) is 5.69 Å². The Morgan fingerprint density at radius 3 is 2.56 bits per heavy atom. The molecule has 0 saturated carbocycles. The summed E-state index contributed by atoms with van der Waals surface area (Å²) >= 11 is 0. The van der Waals surface area contributed by atoms with Gasteiger partial charge in [0, 0.05) is 17.2 Å². The number of phenolic OH excluding ortho intramolecular Hbond substituents is 1. The zero-order chi connectivity index (χ0) is 25.7. The molecule has 36 heavy (non-hydrogen) atoms. The second-order valence-corrected chi connectivity index (χ2v) is 7.78. The molecule has 2 amide bonds. The molecule has 10 heteroatoms. The highest BCUT2D eigenvalue weighted by atomic mass is 16.6. The largest absolute Gasteiger partial charge is 0.502 e. The summed E-state index contributed by atoms with van der Waals surface area (Å²) in [5, 5.41) is 20.5. The molecule has 10 nitrogen and oxygen atoms in total. The van der Waals surface area contributed by atoms with Gasteiger partial charge in [0.2, 0.25) is 5.76 Å². The third kappa shape index (κ3) is 5.33. The summed E-state index contributed by atoms with van der Waals surface area (Å²) < 4.78 is 11.3. The van der Waals surface area contributed by atoms with Crippen molar-refractivity contribution in [3.05, 3.63) is 112 Å². The molecule has 0 radical (unpaired) electrons.